The number of ether oxygens (including phenoxy) is 1. The van der Waals surface area contributed by atoms with Gasteiger partial charge in [0, 0.05) is 7.05 Å². The van der Waals surface area contributed by atoms with Crippen LogP contribution in [0.1, 0.15) is 118 Å². The lowest BCUT2D eigenvalue weighted by Gasteiger charge is -2.71. The third kappa shape index (κ3) is 5.34. The minimum Gasteiger partial charge on any atom is -0.481 e. The van der Waals surface area contributed by atoms with Crippen LogP contribution in [-0.4, -0.2) is 38.6 Å². The van der Waals surface area contributed by atoms with Crippen molar-refractivity contribution in [2.45, 2.75) is 125 Å². The van der Waals surface area contributed by atoms with Gasteiger partial charge >= 0.3 is 11.9 Å². The number of carbonyl (C=O) groups is 3. The van der Waals surface area contributed by atoms with Gasteiger partial charge in [0.1, 0.15) is 11.9 Å². The van der Waals surface area contributed by atoms with Crippen molar-refractivity contribution < 1.29 is 24.2 Å². The van der Waals surface area contributed by atoms with Crippen molar-refractivity contribution in [3.05, 3.63) is 54.4 Å². The van der Waals surface area contributed by atoms with Gasteiger partial charge in [-0.25, -0.2) is 4.98 Å². The Morgan fingerprint density at radius 2 is 1.73 bits per heavy atom. The van der Waals surface area contributed by atoms with E-state index in [1.54, 1.807) is 13.8 Å². The van der Waals surface area contributed by atoms with E-state index in [0.29, 0.717) is 24.3 Å². The SMILES string of the molecule is C=C(C)[C@@H]1CC[C@]2(C(=O)NCc3nc4ccccc4n3C)CC[C@]3(C)[C@H](CC[C@@H]4[C@@]5(C)CC[C@H](OC(=O)CC(C)(C)C(=O)O)C(=C)[C@@H]5CC[C@]43C)[C@@H]12. The van der Waals surface area contributed by atoms with Gasteiger partial charge in [-0.2, -0.15) is 0 Å². The number of esters is 1. The van der Waals surface area contributed by atoms with Gasteiger partial charge in [0.15, 0.2) is 0 Å². The molecule has 2 N–H and O–H groups in total. The molecule has 5 aliphatic carbocycles. The summed E-state index contributed by atoms with van der Waals surface area (Å²) in [5, 5.41) is 13.0. The molecule has 1 heterocycles. The second-order valence-corrected chi connectivity index (χ2v) is 19.1. The number of carboxylic acids is 1. The normalized spacial score (nSPS) is 38.4. The van der Waals surface area contributed by atoms with Crippen LogP contribution in [0.4, 0.5) is 0 Å². The molecule has 8 heteroatoms. The lowest BCUT2D eigenvalue weighted by atomic mass is 9.33. The Balaban J connectivity index is 1.12. The molecule has 1 aromatic carbocycles. The van der Waals surface area contributed by atoms with Gasteiger partial charge in [0.25, 0.3) is 0 Å². The molecule has 1 amide bonds. The average molecular weight is 712 g/mol. The highest BCUT2D eigenvalue weighted by atomic mass is 16.5. The first-order valence-electron chi connectivity index (χ1n) is 19.9. The fourth-order valence-corrected chi connectivity index (χ4v) is 13.2. The summed E-state index contributed by atoms with van der Waals surface area (Å²) < 4.78 is 8.08. The fraction of sp³-hybridized carbons (Fsp3) is 0.682. The highest BCUT2D eigenvalue weighted by Gasteiger charge is 2.71. The summed E-state index contributed by atoms with van der Waals surface area (Å²) in [4.78, 5) is 44.1. The van der Waals surface area contributed by atoms with Gasteiger partial charge in [-0.15, -0.1) is 0 Å². The van der Waals surface area contributed by atoms with E-state index in [-0.39, 0.29) is 46.5 Å². The van der Waals surface area contributed by atoms with E-state index >= 15 is 0 Å². The molecule has 5 aliphatic rings. The number of rotatable bonds is 8. The fourth-order valence-electron chi connectivity index (χ4n) is 13.2. The predicted molar refractivity (Wildman–Crippen MR) is 203 cm³/mol. The van der Waals surface area contributed by atoms with Crippen LogP contribution >= 0.6 is 0 Å². The molecular formula is C44H61N3O5. The number of carboxylic acid groups (broad SMARTS) is 1. The van der Waals surface area contributed by atoms with Gasteiger partial charge < -0.3 is 19.7 Å². The Morgan fingerprint density at radius 3 is 2.42 bits per heavy atom. The second kappa shape index (κ2) is 12.6. The molecule has 0 radical (unpaired) electrons. The molecule has 10 atom stereocenters. The molecule has 0 bridgehead atoms. The number of imidazole rings is 1. The third-order valence-corrected chi connectivity index (χ3v) is 16.3. The van der Waals surface area contributed by atoms with Gasteiger partial charge in [-0.3, -0.25) is 14.4 Å². The number of aryl methyl sites for hydroxylation is 1. The quantitative estimate of drug-likeness (QED) is 0.209. The lowest BCUT2D eigenvalue weighted by molar-refractivity contribution is -0.221. The number of hydrogen-bond donors (Lipinski definition) is 2. The molecule has 5 fully saturated rings. The summed E-state index contributed by atoms with van der Waals surface area (Å²) in [6.07, 6.45) is 9.42. The maximum absolute atomic E-state index is 14.7. The van der Waals surface area contributed by atoms with Crippen LogP contribution in [0.5, 0.6) is 0 Å². The van der Waals surface area contributed by atoms with E-state index in [4.69, 9.17) is 9.72 Å². The van der Waals surface area contributed by atoms with E-state index in [1.807, 2.05) is 25.2 Å². The Labute approximate surface area is 310 Å². The standard InChI is InChI=1S/C44H61N3O5/c1-26(2)28-16-21-44(38(49)45-25-35-46-31-12-10-11-13-32(31)47(35)9)23-22-42(7)30(37(28)44)14-15-34-41(6)19-18-33(27(3)29(41)17-20-43(34,42)8)52-36(48)24-40(4,5)39(50)51/h10-13,28-30,33-34,37H,1,3,14-25H2,2,4-9H3,(H,45,49)(H,50,51)/t28-,29-,30+,33-,34+,37+,41-,42+,43+,44-/m0/s1. The van der Waals surface area contributed by atoms with Crippen molar-refractivity contribution in [2.75, 3.05) is 0 Å². The number of hydrogen-bond acceptors (Lipinski definition) is 5. The van der Waals surface area contributed by atoms with Crippen LogP contribution in [0, 0.1) is 56.7 Å². The monoisotopic (exact) mass is 711 g/mol. The first-order valence-corrected chi connectivity index (χ1v) is 19.9. The van der Waals surface area contributed by atoms with Crippen LogP contribution < -0.4 is 5.32 Å². The molecular weight excluding hydrogens is 651 g/mol. The Hall–Kier alpha value is -3.42. The topological polar surface area (TPSA) is 111 Å². The van der Waals surface area contributed by atoms with Crippen LogP contribution in [0.2, 0.25) is 0 Å². The maximum Gasteiger partial charge on any atom is 0.309 e. The molecule has 8 nitrogen and oxygen atoms in total. The molecule has 0 unspecified atom stereocenters. The molecule has 2 aromatic rings. The minimum atomic E-state index is -1.17. The summed E-state index contributed by atoms with van der Waals surface area (Å²) in [5.41, 5.74) is 2.93. The number of carbonyl (C=O) groups excluding carboxylic acids is 2. The zero-order valence-electron chi connectivity index (χ0n) is 32.6. The summed E-state index contributed by atoms with van der Waals surface area (Å²) in [7, 11) is 2.03. The van der Waals surface area contributed by atoms with Crippen molar-refractivity contribution in [1.82, 2.24) is 14.9 Å². The summed E-state index contributed by atoms with van der Waals surface area (Å²) in [5.74, 6) is 1.44. The molecule has 0 saturated heterocycles. The first-order chi connectivity index (χ1) is 24.4. The summed E-state index contributed by atoms with van der Waals surface area (Å²) >= 11 is 0. The molecule has 282 valence electrons. The Morgan fingerprint density at radius 1 is 1.00 bits per heavy atom. The van der Waals surface area contributed by atoms with Crippen molar-refractivity contribution in [3.8, 4) is 0 Å². The number of fused-ring (bicyclic) bond motifs is 8. The highest BCUT2D eigenvalue weighted by molar-refractivity contribution is 5.84. The van der Waals surface area contributed by atoms with E-state index in [9.17, 15) is 19.5 Å². The van der Waals surface area contributed by atoms with Crippen LogP contribution in [0.25, 0.3) is 11.0 Å². The minimum absolute atomic E-state index is 0.0439. The van der Waals surface area contributed by atoms with Crippen molar-refractivity contribution in [1.29, 1.82) is 0 Å². The van der Waals surface area contributed by atoms with Gasteiger partial charge in [0.05, 0.1) is 34.8 Å². The molecule has 0 aliphatic heterocycles. The summed E-state index contributed by atoms with van der Waals surface area (Å²) in [6, 6.07) is 8.13. The number of para-hydroxylation sites is 2. The lowest BCUT2D eigenvalue weighted by Crippen LogP contribution is -2.66. The van der Waals surface area contributed by atoms with E-state index in [0.717, 1.165) is 86.6 Å². The summed E-state index contributed by atoms with van der Waals surface area (Å²) in [6.45, 7) is 22.5. The van der Waals surface area contributed by atoms with E-state index in [2.05, 4.69) is 56.8 Å². The zero-order chi connectivity index (χ0) is 37.6. The molecule has 1 aromatic heterocycles. The molecule has 0 spiro atoms. The number of amides is 1. The predicted octanol–water partition coefficient (Wildman–Crippen LogP) is 8.79. The van der Waals surface area contributed by atoms with Gasteiger partial charge in [-0.1, -0.05) is 51.6 Å². The van der Waals surface area contributed by atoms with Crippen molar-refractivity contribution in [2.24, 2.45) is 63.7 Å². The number of allylic oxidation sites excluding steroid dienone is 1. The third-order valence-electron chi connectivity index (χ3n) is 16.3. The highest BCUT2D eigenvalue weighted by Crippen LogP contribution is 2.76. The molecule has 5 saturated carbocycles. The number of aliphatic carboxylic acids is 1. The smallest absolute Gasteiger partial charge is 0.309 e. The van der Waals surface area contributed by atoms with Gasteiger partial charge in [-0.05, 0) is 149 Å². The average Bonchev–Trinajstić information content (AvgIpc) is 3.64. The Bertz CT molecular complexity index is 1830. The van der Waals surface area contributed by atoms with Crippen molar-refractivity contribution >= 4 is 28.9 Å². The van der Waals surface area contributed by atoms with Gasteiger partial charge in [0.2, 0.25) is 5.91 Å². The number of nitrogens with one attached hydrogen (secondary N) is 1. The van der Waals surface area contributed by atoms with Crippen molar-refractivity contribution in [3.63, 3.8) is 0 Å². The molecule has 7 rings (SSSR count). The second-order valence-electron chi connectivity index (χ2n) is 19.1. The maximum atomic E-state index is 14.7. The Kier molecular flexibility index (Phi) is 8.93. The van der Waals surface area contributed by atoms with Crippen LogP contribution in [0.15, 0.2) is 48.6 Å². The first kappa shape index (κ1) is 36.9. The largest absolute Gasteiger partial charge is 0.481 e. The van der Waals surface area contributed by atoms with E-state index in [1.165, 1.54) is 5.57 Å². The number of aromatic nitrogens is 2. The van der Waals surface area contributed by atoms with Crippen LogP contribution in [-0.2, 0) is 32.7 Å². The zero-order valence-corrected chi connectivity index (χ0v) is 32.6. The number of benzene rings is 1. The number of nitrogens with zero attached hydrogens (tertiary/aromatic N) is 2. The van der Waals surface area contributed by atoms with Crippen LogP contribution in [0.3, 0.4) is 0 Å². The molecule has 52 heavy (non-hydrogen) atoms. The van der Waals surface area contributed by atoms with E-state index < -0.39 is 22.8 Å².